The van der Waals surface area contributed by atoms with Crippen LogP contribution in [0.5, 0.6) is 0 Å². The Kier molecular flexibility index (Phi) is 4.99. The first-order valence-electron chi connectivity index (χ1n) is 3.61. The molecule has 0 aliphatic carbocycles. The minimum Gasteiger partial charge on any atom is -0.466 e. The number of esters is 1. The first-order valence-corrected chi connectivity index (χ1v) is 3.61. The van der Waals surface area contributed by atoms with E-state index in [1.54, 1.807) is 0 Å². The second kappa shape index (κ2) is 5.27. The van der Waals surface area contributed by atoms with Crippen molar-refractivity contribution in [1.82, 2.24) is 0 Å². The maximum Gasteiger partial charge on any atom is 0.306 e. The minimum absolute atomic E-state index is 0.109. The topological polar surface area (TPSA) is 26.3 Å². The Morgan fingerprint density at radius 1 is 1.40 bits per heavy atom. The molecule has 0 amide bonds. The Bertz CT molecular complexity index is 97.4. The van der Waals surface area contributed by atoms with Gasteiger partial charge in [0.2, 0.25) is 0 Å². The van der Waals surface area contributed by atoms with E-state index in [0.717, 1.165) is 12.3 Å². The molecule has 0 spiro atoms. The lowest BCUT2D eigenvalue weighted by atomic mass is 10.1. The molecule has 0 aromatic carbocycles. The zero-order valence-electron chi connectivity index (χ0n) is 6.94. The SMILES string of the molecule is CCCOC(=O)C[C](C)C. The van der Waals surface area contributed by atoms with Crippen molar-refractivity contribution in [3.8, 4) is 0 Å². The predicted octanol–water partition coefficient (Wildman–Crippen LogP) is 1.94. The van der Waals surface area contributed by atoms with Crippen LogP contribution in [0.1, 0.15) is 33.6 Å². The summed E-state index contributed by atoms with van der Waals surface area (Å²) in [5, 5.41) is 0. The Labute approximate surface area is 62.6 Å². The number of carbonyl (C=O) groups excluding carboxylic acids is 1. The normalized spacial score (nSPS) is 10.0. The van der Waals surface area contributed by atoms with E-state index >= 15 is 0 Å². The van der Waals surface area contributed by atoms with E-state index in [1.165, 1.54) is 0 Å². The molecule has 0 aliphatic rings. The molecule has 0 aromatic rings. The van der Waals surface area contributed by atoms with Crippen LogP contribution in [0, 0.1) is 5.92 Å². The van der Waals surface area contributed by atoms with Gasteiger partial charge in [0.1, 0.15) is 0 Å². The van der Waals surface area contributed by atoms with Gasteiger partial charge in [-0.2, -0.15) is 0 Å². The van der Waals surface area contributed by atoms with Gasteiger partial charge in [0.15, 0.2) is 0 Å². The van der Waals surface area contributed by atoms with Crippen molar-refractivity contribution in [3.63, 3.8) is 0 Å². The second-order valence-electron chi connectivity index (χ2n) is 2.60. The van der Waals surface area contributed by atoms with Crippen molar-refractivity contribution >= 4 is 5.97 Å². The summed E-state index contributed by atoms with van der Waals surface area (Å²) in [5.41, 5.74) is 0. The van der Waals surface area contributed by atoms with Gasteiger partial charge in [0.05, 0.1) is 13.0 Å². The lowest BCUT2D eigenvalue weighted by Crippen LogP contribution is -2.07. The fourth-order valence-corrected chi connectivity index (χ4v) is 0.556. The largest absolute Gasteiger partial charge is 0.466 e. The van der Waals surface area contributed by atoms with Crippen molar-refractivity contribution in [3.05, 3.63) is 5.92 Å². The van der Waals surface area contributed by atoms with Gasteiger partial charge in [-0.05, 0) is 12.3 Å². The zero-order chi connectivity index (χ0) is 7.98. The fraction of sp³-hybridized carbons (Fsp3) is 0.750. The van der Waals surface area contributed by atoms with E-state index in [0.29, 0.717) is 13.0 Å². The van der Waals surface area contributed by atoms with Crippen molar-refractivity contribution < 1.29 is 9.53 Å². The molecule has 0 aromatic heterocycles. The molecule has 0 fully saturated rings. The first kappa shape index (κ1) is 9.47. The van der Waals surface area contributed by atoms with Gasteiger partial charge < -0.3 is 4.74 Å². The smallest absolute Gasteiger partial charge is 0.306 e. The maximum absolute atomic E-state index is 10.8. The third kappa shape index (κ3) is 5.60. The second-order valence-corrected chi connectivity index (χ2v) is 2.60. The van der Waals surface area contributed by atoms with Gasteiger partial charge in [-0.15, -0.1) is 0 Å². The van der Waals surface area contributed by atoms with Crippen LogP contribution in [-0.4, -0.2) is 12.6 Å². The molecule has 10 heavy (non-hydrogen) atoms. The van der Waals surface area contributed by atoms with Crippen molar-refractivity contribution in [2.24, 2.45) is 0 Å². The Morgan fingerprint density at radius 2 is 2.00 bits per heavy atom. The molecule has 2 nitrogen and oxygen atoms in total. The number of hydrogen-bond donors (Lipinski definition) is 0. The molecule has 0 heterocycles. The molecule has 0 bridgehead atoms. The first-order chi connectivity index (χ1) is 4.66. The van der Waals surface area contributed by atoms with Crippen molar-refractivity contribution in [2.45, 2.75) is 33.6 Å². The quantitative estimate of drug-likeness (QED) is 0.562. The molecular weight excluding hydrogens is 128 g/mol. The summed E-state index contributed by atoms with van der Waals surface area (Å²) in [4.78, 5) is 10.8. The molecule has 0 atom stereocenters. The van der Waals surface area contributed by atoms with Crippen LogP contribution in [0.15, 0.2) is 0 Å². The molecule has 2 heteroatoms. The van der Waals surface area contributed by atoms with Gasteiger partial charge in [0.25, 0.3) is 0 Å². The van der Waals surface area contributed by atoms with E-state index in [2.05, 4.69) is 0 Å². The van der Waals surface area contributed by atoms with Gasteiger partial charge in [0, 0.05) is 0 Å². The summed E-state index contributed by atoms with van der Waals surface area (Å²) in [6.07, 6.45) is 1.36. The molecular formula is C8H15O2. The molecule has 0 saturated carbocycles. The summed E-state index contributed by atoms with van der Waals surface area (Å²) in [6, 6.07) is 0. The van der Waals surface area contributed by atoms with E-state index in [9.17, 15) is 4.79 Å². The molecule has 0 N–H and O–H groups in total. The average Bonchev–Trinajstić information content (AvgIpc) is 1.82. The molecule has 1 radical (unpaired) electrons. The van der Waals surface area contributed by atoms with Gasteiger partial charge in [-0.25, -0.2) is 0 Å². The van der Waals surface area contributed by atoms with Crippen LogP contribution < -0.4 is 0 Å². The predicted molar refractivity (Wildman–Crippen MR) is 40.5 cm³/mol. The van der Waals surface area contributed by atoms with Crippen LogP contribution in [0.4, 0.5) is 0 Å². The van der Waals surface area contributed by atoms with E-state index < -0.39 is 0 Å². The number of ether oxygens (including phenoxy) is 1. The number of rotatable bonds is 4. The van der Waals surface area contributed by atoms with E-state index in [1.807, 2.05) is 20.8 Å². The summed E-state index contributed by atoms with van der Waals surface area (Å²) in [6.45, 7) is 6.38. The number of carbonyl (C=O) groups is 1. The van der Waals surface area contributed by atoms with Crippen LogP contribution in [0.2, 0.25) is 0 Å². The van der Waals surface area contributed by atoms with E-state index in [4.69, 9.17) is 4.74 Å². The Balaban J connectivity index is 3.26. The molecule has 59 valence electrons. The van der Waals surface area contributed by atoms with Crippen molar-refractivity contribution in [1.29, 1.82) is 0 Å². The fourth-order valence-electron chi connectivity index (χ4n) is 0.556. The van der Waals surface area contributed by atoms with Crippen LogP contribution >= 0.6 is 0 Å². The van der Waals surface area contributed by atoms with Crippen LogP contribution in [-0.2, 0) is 9.53 Å². The van der Waals surface area contributed by atoms with Gasteiger partial charge >= 0.3 is 5.97 Å². The van der Waals surface area contributed by atoms with Gasteiger partial charge in [-0.3, -0.25) is 4.79 Å². The highest BCUT2D eigenvalue weighted by Gasteiger charge is 2.04. The molecule has 0 aliphatic heterocycles. The summed E-state index contributed by atoms with van der Waals surface area (Å²) >= 11 is 0. The zero-order valence-corrected chi connectivity index (χ0v) is 6.94. The standard InChI is InChI=1S/C8H15O2/c1-4-5-10-8(9)6-7(2)3/h4-6H2,1-3H3. The summed E-state index contributed by atoms with van der Waals surface area (Å²) in [5.74, 6) is 0.989. The van der Waals surface area contributed by atoms with Gasteiger partial charge in [-0.1, -0.05) is 20.8 Å². The molecule has 0 unspecified atom stereocenters. The lowest BCUT2D eigenvalue weighted by Gasteiger charge is -2.03. The third-order valence-electron chi connectivity index (χ3n) is 0.965. The Hall–Kier alpha value is -0.530. The minimum atomic E-state index is -0.109. The highest BCUT2D eigenvalue weighted by molar-refractivity contribution is 5.71. The van der Waals surface area contributed by atoms with Crippen molar-refractivity contribution in [2.75, 3.05) is 6.61 Å². The van der Waals surface area contributed by atoms with E-state index in [-0.39, 0.29) is 5.97 Å². The summed E-state index contributed by atoms with van der Waals surface area (Å²) < 4.78 is 4.84. The number of hydrogen-bond acceptors (Lipinski definition) is 2. The monoisotopic (exact) mass is 143 g/mol. The third-order valence-corrected chi connectivity index (χ3v) is 0.965. The summed E-state index contributed by atoms with van der Waals surface area (Å²) in [7, 11) is 0. The average molecular weight is 143 g/mol. The highest BCUT2D eigenvalue weighted by atomic mass is 16.5. The molecule has 0 rings (SSSR count). The van der Waals surface area contributed by atoms with Crippen LogP contribution in [0.3, 0.4) is 0 Å². The molecule has 0 saturated heterocycles. The highest BCUT2D eigenvalue weighted by Crippen LogP contribution is 2.03. The maximum atomic E-state index is 10.8. The Morgan fingerprint density at radius 3 is 2.40 bits per heavy atom. The lowest BCUT2D eigenvalue weighted by molar-refractivity contribution is -0.143. The van der Waals surface area contributed by atoms with Crippen LogP contribution in [0.25, 0.3) is 0 Å².